The van der Waals surface area contributed by atoms with Gasteiger partial charge in [-0.2, -0.15) is 0 Å². The molecule has 0 aliphatic heterocycles. The number of methoxy groups -OCH3 is 3. The van der Waals surface area contributed by atoms with Gasteiger partial charge in [0.1, 0.15) is 0 Å². The zero-order valence-corrected chi connectivity index (χ0v) is 12.7. The average molecular weight is 274 g/mol. The maximum absolute atomic E-state index is 5.15. The molecule has 0 aromatic carbocycles. The van der Waals surface area contributed by atoms with Crippen LogP contribution in [0.3, 0.4) is 0 Å². The Hall–Kier alpha value is -0.580. The van der Waals surface area contributed by atoms with Crippen molar-refractivity contribution in [3.63, 3.8) is 0 Å². The first-order valence-electron chi connectivity index (χ1n) is 7.16. The van der Waals surface area contributed by atoms with Crippen LogP contribution in [0.5, 0.6) is 0 Å². The van der Waals surface area contributed by atoms with Crippen LogP contribution in [0.4, 0.5) is 0 Å². The Morgan fingerprint density at radius 3 is 2.11 bits per heavy atom. The highest BCUT2D eigenvalue weighted by Crippen LogP contribution is 2.11. The van der Waals surface area contributed by atoms with E-state index in [9.17, 15) is 0 Å². The van der Waals surface area contributed by atoms with Crippen LogP contribution in [0.15, 0.2) is 12.3 Å². The van der Waals surface area contributed by atoms with Crippen molar-refractivity contribution in [1.29, 1.82) is 0 Å². The molecule has 19 heavy (non-hydrogen) atoms. The standard InChI is InChI=1S/C15H30O4/c1-16-14-19-13-11-9-7-5-4-6-8-10-12-15(17-2)18-3/h11,13,15H,4-10,12,14H2,1-3H3. The van der Waals surface area contributed by atoms with Gasteiger partial charge < -0.3 is 18.9 Å². The first kappa shape index (κ1) is 18.4. The number of unbranched alkanes of at least 4 members (excludes halogenated alkanes) is 6. The fraction of sp³-hybridized carbons (Fsp3) is 0.867. The van der Waals surface area contributed by atoms with Gasteiger partial charge in [-0.1, -0.05) is 25.7 Å². The Morgan fingerprint density at radius 1 is 0.842 bits per heavy atom. The van der Waals surface area contributed by atoms with Gasteiger partial charge in [0, 0.05) is 21.3 Å². The van der Waals surface area contributed by atoms with Crippen molar-refractivity contribution in [2.24, 2.45) is 0 Å². The number of hydrogen-bond donors (Lipinski definition) is 0. The van der Waals surface area contributed by atoms with Gasteiger partial charge in [-0.3, -0.25) is 0 Å². The van der Waals surface area contributed by atoms with E-state index in [1.54, 1.807) is 27.6 Å². The summed E-state index contributed by atoms with van der Waals surface area (Å²) in [4.78, 5) is 0. The van der Waals surface area contributed by atoms with Crippen LogP contribution in [-0.2, 0) is 18.9 Å². The molecular formula is C15H30O4. The normalized spacial score (nSPS) is 11.6. The Bertz CT molecular complexity index is 191. The molecule has 0 fully saturated rings. The Kier molecular flexibility index (Phi) is 15.0. The van der Waals surface area contributed by atoms with Crippen LogP contribution in [0.25, 0.3) is 0 Å². The average Bonchev–Trinajstić information content (AvgIpc) is 2.44. The van der Waals surface area contributed by atoms with E-state index in [1.807, 2.05) is 0 Å². The van der Waals surface area contributed by atoms with Crippen molar-refractivity contribution in [3.05, 3.63) is 12.3 Å². The van der Waals surface area contributed by atoms with Crippen LogP contribution in [-0.4, -0.2) is 34.4 Å². The lowest BCUT2D eigenvalue weighted by Crippen LogP contribution is -2.12. The third-order valence-electron chi connectivity index (χ3n) is 2.96. The van der Waals surface area contributed by atoms with Crippen molar-refractivity contribution < 1.29 is 18.9 Å². The molecule has 0 saturated carbocycles. The zero-order chi connectivity index (χ0) is 14.2. The molecule has 4 nitrogen and oxygen atoms in total. The smallest absolute Gasteiger partial charge is 0.187 e. The van der Waals surface area contributed by atoms with Gasteiger partial charge in [0.15, 0.2) is 13.1 Å². The van der Waals surface area contributed by atoms with Crippen LogP contribution in [0, 0.1) is 0 Å². The van der Waals surface area contributed by atoms with Gasteiger partial charge in [-0.05, 0) is 31.8 Å². The van der Waals surface area contributed by atoms with Crippen LogP contribution < -0.4 is 0 Å². The van der Waals surface area contributed by atoms with Gasteiger partial charge in [0.2, 0.25) is 0 Å². The van der Waals surface area contributed by atoms with Gasteiger partial charge in [-0.25, -0.2) is 0 Å². The summed E-state index contributed by atoms with van der Waals surface area (Å²) in [6.45, 7) is 0.334. The van der Waals surface area contributed by atoms with E-state index in [1.165, 1.54) is 38.5 Å². The molecule has 0 heterocycles. The fourth-order valence-electron chi connectivity index (χ4n) is 1.86. The number of rotatable bonds is 14. The van der Waals surface area contributed by atoms with E-state index < -0.39 is 0 Å². The summed E-state index contributed by atoms with van der Waals surface area (Å²) in [5, 5.41) is 0. The summed E-state index contributed by atoms with van der Waals surface area (Å²) in [5.41, 5.74) is 0. The van der Waals surface area contributed by atoms with Crippen LogP contribution >= 0.6 is 0 Å². The van der Waals surface area contributed by atoms with Gasteiger partial charge in [-0.15, -0.1) is 0 Å². The number of ether oxygens (including phenoxy) is 4. The van der Waals surface area contributed by atoms with E-state index >= 15 is 0 Å². The zero-order valence-electron chi connectivity index (χ0n) is 12.7. The molecule has 0 aromatic rings. The molecule has 0 spiro atoms. The quantitative estimate of drug-likeness (QED) is 0.274. The molecule has 0 saturated heterocycles. The van der Waals surface area contributed by atoms with E-state index in [4.69, 9.17) is 18.9 Å². The summed E-state index contributed by atoms with van der Waals surface area (Å²) >= 11 is 0. The molecule has 0 aliphatic rings. The topological polar surface area (TPSA) is 36.9 Å². The Morgan fingerprint density at radius 2 is 1.47 bits per heavy atom. The highest BCUT2D eigenvalue weighted by atomic mass is 16.7. The molecule has 0 unspecified atom stereocenters. The lowest BCUT2D eigenvalue weighted by atomic mass is 10.1. The predicted molar refractivity (Wildman–Crippen MR) is 76.8 cm³/mol. The van der Waals surface area contributed by atoms with Crippen molar-refractivity contribution >= 4 is 0 Å². The maximum atomic E-state index is 5.15. The summed E-state index contributed by atoms with van der Waals surface area (Å²) in [6, 6.07) is 0. The second-order valence-electron chi connectivity index (χ2n) is 4.54. The van der Waals surface area contributed by atoms with Crippen LogP contribution in [0.1, 0.15) is 51.4 Å². The van der Waals surface area contributed by atoms with Crippen molar-refractivity contribution in [2.45, 2.75) is 57.7 Å². The molecular weight excluding hydrogens is 244 g/mol. The van der Waals surface area contributed by atoms with Crippen molar-refractivity contribution in [2.75, 3.05) is 28.1 Å². The first-order chi connectivity index (χ1) is 9.35. The van der Waals surface area contributed by atoms with E-state index in [0.29, 0.717) is 6.79 Å². The molecule has 114 valence electrons. The third kappa shape index (κ3) is 13.6. The van der Waals surface area contributed by atoms with E-state index in [2.05, 4.69) is 6.08 Å². The first-order valence-corrected chi connectivity index (χ1v) is 7.16. The lowest BCUT2D eigenvalue weighted by Gasteiger charge is -2.12. The number of hydrogen-bond acceptors (Lipinski definition) is 4. The molecule has 0 aliphatic carbocycles. The molecule has 0 atom stereocenters. The van der Waals surface area contributed by atoms with Gasteiger partial charge in [0.05, 0.1) is 6.26 Å². The maximum Gasteiger partial charge on any atom is 0.187 e. The Balaban J connectivity index is 3.12. The molecule has 0 aromatic heterocycles. The van der Waals surface area contributed by atoms with Crippen LogP contribution in [0.2, 0.25) is 0 Å². The van der Waals surface area contributed by atoms with Gasteiger partial charge in [0.25, 0.3) is 0 Å². The third-order valence-corrected chi connectivity index (χ3v) is 2.96. The van der Waals surface area contributed by atoms with E-state index in [-0.39, 0.29) is 6.29 Å². The van der Waals surface area contributed by atoms with E-state index in [0.717, 1.165) is 12.8 Å². The van der Waals surface area contributed by atoms with Crippen molar-refractivity contribution in [3.8, 4) is 0 Å². The predicted octanol–water partition coefficient (Wildman–Crippen LogP) is 3.86. The summed E-state index contributed by atoms with van der Waals surface area (Å²) in [7, 11) is 5.01. The molecule has 0 amide bonds. The summed E-state index contributed by atoms with van der Waals surface area (Å²) < 4.78 is 20.1. The molecule has 0 N–H and O–H groups in total. The lowest BCUT2D eigenvalue weighted by molar-refractivity contribution is -0.107. The second kappa shape index (κ2) is 15.5. The fourth-order valence-corrected chi connectivity index (χ4v) is 1.86. The highest BCUT2D eigenvalue weighted by molar-refractivity contribution is 4.72. The highest BCUT2D eigenvalue weighted by Gasteiger charge is 2.03. The van der Waals surface area contributed by atoms with Gasteiger partial charge >= 0.3 is 0 Å². The molecule has 0 radical (unpaired) electrons. The Labute approximate surface area is 118 Å². The SMILES string of the molecule is COCOC=CCCCCCCCCC(OC)OC. The molecule has 0 bridgehead atoms. The number of allylic oxidation sites excluding steroid dienone is 1. The minimum Gasteiger partial charge on any atom is -0.476 e. The molecule has 4 heteroatoms. The monoisotopic (exact) mass is 274 g/mol. The summed E-state index contributed by atoms with van der Waals surface area (Å²) in [6.07, 6.45) is 13.4. The van der Waals surface area contributed by atoms with Crippen molar-refractivity contribution in [1.82, 2.24) is 0 Å². The second-order valence-corrected chi connectivity index (χ2v) is 4.54. The largest absolute Gasteiger partial charge is 0.476 e. The molecule has 0 rings (SSSR count). The minimum atomic E-state index is -0.0303. The summed E-state index contributed by atoms with van der Waals surface area (Å²) in [5.74, 6) is 0. The minimum absolute atomic E-state index is 0.0303.